The van der Waals surface area contributed by atoms with Gasteiger partial charge in [0.1, 0.15) is 5.75 Å². The second-order valence-corrected chi connectivity index (χ2v) is 8.97. The summed E-state index contributed by atoms with van der Waals surface area (Å²) in [5.74, 6) is 0.672. The molecule has 2 aromatic rings. The van der Waals surface area contributed by atoms with Gasteiger partial charge in [-0.15, -0.1) is 0 Å². The third kappa shape index (κ3) is 3.63. The van der Waals surface area contributed by atoms with Crippen molar-refractivity contribution in [3.05, 3.63) is 54.1 Å². The number of nitrogens with zero attached hydrogens (tertiary/aromatic N) is 2. The van der Waals surface area contributed by atoms with Crippen LogP contribution in [0.4, 0.5) is 16.2 Å². The minimum absolute atomic E-state index is 0.178. The van der Waals surface area contributed by atoms with Gasteiger partial charge in [0.2, 0.25) is 0 Å². The Bertz CT molecular complexity index is 1030. The number of amides is 2. The highest BCUT2D eigenvalue weighted by atomic mass is 32.2. The van der Waals surface area contributed by atoms with Crippen LogP contribution in [0.2, 0.25) is 0 Å². The van der Waals surface area contributed by atoms with Gasteiger partial charge in [0, 0.05) is 36.8 Å². The van der Waals surface area contributed by atoms with Crippen LogP contribution >= 0.6 is 0 Å². The first-order valence-corrected chi connectivity index (χ1v) is 10.9. The number of hydrogen-bond donors (Lipinski definition) is 2. The molecule has 2 heterocycles. The number of anilines is 2. The Morgan fingerprint density at radius 3 is 2.55 bits per heavy atom. The number of likely N-dealkylation sites (tertiary alicyclic amines) is 1. The van der Waals surface area contributed by atoms with Crippen molar-refractivity contribution in [2.45, 2.75) is 18.3 Å². The molecule has 0 aromatic heterocycles. The maximum absolute atomic E-state index is 12.7. The van der Waals surface area contributed by atoms with Crippen molar-refractivity contribution in [1.29, 1.82) is 0 Å². The fourth-order valence-corrected chi connectivity index (χ4v) is 5.14. The molecule has 3 N–H and O–H groups in total. The van der Waals surface area contributed by atoms with Crippen molar-refractivity contribution in [1.82, 2.24) is 4.90 Å². The zero-order valence-electron chi connectivity index (χ0n) is 16.2. The molecular weight excluding hydrogens is 392 g/mol. The van der Waals surface area contributed by atoms with Gasteiger partial charge in [-0.3, -0.25) is 4.31 Å². The summed E-state index contributed by atoms with van der Waals surface area (Å²) in [5.41, 5.74) is 1.97. The number of ether oxygens (including phenoxy) is 1. The standard InChI is InChI=1S/C20H24N4O4S/c1-28-16-6-4-5-15(13-16)22-19(25)23-11-9-20(10-12-23)14-24(29(21,26)27)18-8-3-2-7-17(18)20/h2-8,13H,9-12,14H2,1H3,(H,22,25)(H2,21,26,27). The number of hydrogen-bond acceptors (Lipinski definition) is 4. The first kappa shape index (κ1) is 19.5. The van der Waals surface area contributed by atoms with Crippen molar-refractivity contribution in [3.63, 3.8) is 0 Å². The van der Waals surface area contributed by atoms with Crippen molar-refractivity contribution >= 4 is 27.6 Å². The van der Waals surface area contributed by atoms with Gasteiger partial charge in [-0.2, -0.15) is 8.42 Å². The summed E-state index contributed by atoms with van der Waals surface area (Å²) in [6.45, 7) is 1.38. The molecule has 0 atom stereocenters. The number of methoxy groups -OCH3 is 1. The van der Waals surface area contributed by atoms with Crippen molar-refractivity contribution in [2.75, 3.05) is 36.4 Å². The maximum Gasteiger partial charge on any atom is 0.321 e. The summed E-state index contributed by atoms with van der Waals surface area (Å²) in [4.78, 5) is 14.4. The number of para-hydroxylation sites is 1. The number of carbonyl (C=O) groups excluding carboxylic acids is 1. The van der Waals surface area contributed by atoms with Crippen LogP contribution in [-0.2, 0) is 15.6 Å². The Balaban J connectivity index is 1.48. The summed E-state index contributed by atoms with van der Waals surface area (Å²) in [5, 5.41) is 8.34. The van der Waals surface area contributed by atoms with Gasteiger partial charge < -0.3 is 15.0 Å². The lowest BCUT2D eigenvalue weighted by Gasteiger charge is -2.39. The fraction of sp³-hybridized carbons (Fsp3) is 0.350. The van der Waals surface area contributed by atoms with Crippen LogP contribution in [0.1, 0.15) is 18.4 Å². The van der Waals surface area contributed by atoms with Crippen molar-refractivity contribution in [2.24, 2.45) is 5.14 Å². The molecule has 0 unspecified atom stereocenters. The van der Waals surface area contributed by atoms with E-state index in [1.165, 1.54) is 4.31 Å². The SMILES string of the molecule is COc1cccc(NC(=O)N2CCC3(CC2)CN(S(N)(=O)=O)c2ccccc23)c1. The van der Waals surface area contributed by atoms with Crippen LogP contribution in [0.25, 0.3) is 0 Å². The lowest BCUT2D eigenvalue weighted by Crippen LogP contribution is -2.49. The lowest BCUT2D eigenvalue weighted by atomic mass is 9.74. The number of urea groups is 1. The number of rotatable bonds is 3. The van der Waals surface area contributed by atoms with Crippen LogP contribution in [0.5, 0.6) is 5.75 Å². The van der Waals surface area contributed by atoms with Crippen LogP contribution in [-0.4, -0.2) is 46.1 Å². The van der Waals surface area contributed by atoms with E-state index in [1.807, 2.05) is 36.4 Å². The molecule has 1 saturated heterocycles. The average Bonchev–Trinajstić information content (AvgIpc) is 3.03. The third-order valence-electron chi connectivity index (χ3n) is 5.83. The Morgan fingerprint density at radius 2 is 1.86 bits per heavy atom. The smallest absolute Gasteiger partial charge is 0.321 e. The Hall–Kier alpha value is -2.78. The monoisotopic (exact) mass is 416 g/mol. The highest BCUT2D eigenvalue weighted by molar-refractivity contribution is 7.90. The molecule has 2 aromatic carbocycles. The number of nitrogens with two attached hydrogens (primary N) is 1. The normalized spacial score (nSPS) is 17.9. The first-order chi connectivity index (χ1) is 13.8. The highest BCUT2D eigenvalue weighted by Crippen LogP contribution is 2.47. The van der Waals surface area contributed by atoms with Crippen LogP contribution in [0, 0.1) is 0 Å². The van der Waals surface area contributed by atoms with Crippen molar-refractivity contribution < 1.29 is 17.9 Å². The summed E-state index contributed by atoms with van der Waals surface area (Å²) >= 11 is 0. The van der Waals surface area contributed by atoms with Crippen LogP contribution in [0.15, 0.2) is 48.5 Å². The van der Waals surface area contributed by atoms with E-state index in [9.17, 15) is 13.2 Å². The van der Waals surface area contributed by atoms with Crippen LogP contribution < -0.4 is 19.5 Å². The largest absolute Gasteiger partial charge is 0.497 e. The molecule has 4 rings (SSSR count). The number of carbonyl (C=O) groups is 1. The molecule has 2 aliphatic heterocycles. The topological polar surface area (TPSA) is 105 Å². The van der Waals surface area contributed by atoms with Gasteiger partial charge >= 0.3 is 6.03 Å². The van der Waals surface area contributed by atoms with Crippen molar-refractivity contribution in [3.8, 4) is 5.75 Å². The number of piperidine rings is 1. The zero-order valence-corrected chi connectivity index (χ0v) is 17.0. The molecule has 2 aliphatic rings. The van der Waals surface area contributed by atoms with Gasteiger partial charge in [0.05, 0.1) is 12.8 Å². The predicted molar refractivity (Wildman–Crippen MR) is 111 cm³/mol. The number of benzene rings is 2. The summed E-state index contributed by atoms with van der Waals surface area (Å²) < 4.78 is 30.6. The molecule has 0 saturated carbocycles. The lowest BCUT2D eigenvalue weighted by molar-refractivity contribution is 0.173. The number of fused-ring (bicyclic) bond motifs is 2. The van der Waals surface area contributed by atoms with Gasteiger partial charge in [-0.25, -0.2) is 9.93 Å². The van der Waals surface area contributed by atoms with E-state index in [0.29, 0.717) is 49.6 Å². The van der Waals surface area contributed by atoms with Gasteiger partial charge in [-0.1, -0.05) is 24.3 Å². The van der Waals surface area contributed by atoms with E-state index in [0.717, 1.165) is 5.56 Å². The second kappa shape index (κ2) is 7.23. The van der Waals surface area contributed by atoms with E-state index < -0.39 is 10.2 Å². The molecule has 8 nitrogen and oxygen atoms in total. The highest BCUT2D eigenvalue weighted by Gasteiger charge is 2.47. The quantitative estimate of drug-likeness (QED) is 0.801. The summed E-state index contributed by atoms with van der Waals surface area (Å²) in [6, 6.07) is 14.5. The molecule has 0 radical (unpaired) electrons. The number of nitrogens with one attached hydrogen (secondary N) is 1. The molecule has 2 amide bonds. The molecule has 1 spiro atoms. The summed E-state index contributed by atoms with van der Waals surface area (Å²) in [6.07, 6.45) is 1.34. The van der Waals surface area contributed by atoms with E-state index in [4.69, 9.17) is 9.88 Å². The predicted octanol–water partition coefficient (Wildman–Crippen LogP) is 2.28. The van der Waals surface area contributed by atoms with Gasteiger partial charge in [-0.05, 0) is 36.6 Å². The zero-order chi connectivity index (χ0) is 20.6. The Kier molecular flexibility index (Phi) is 4.87. The third-order valence-corrected chi connectivity index (χ3v) is 6.77. The second-order valence-electron chi connectivity index (χ2n) is 7.50. The van der Waals surface area contributed by atoms with E-state index in [-0.39, 0.29) is 11.4 Å². The molecule has 0 bridgehead atoms. The Morgan fingerprint density at radius 1 is 1.14 bits per heavy atom. The Labute approximate surface area is 170 Å². The van der Waals surface area contributed by atoms with E-state index in [1.54, 1.807) is 24.1 Å². The minimum atomic E-state index is -3.84. The van der Waals surface area contributed by atoms with Crippen LogP contribution in [0.3, 0.4) is 0 Å². The molecule has 1 fully saturated rings. The minimum Gasteiger partial charge on any atom is -0.497 e. The molecule has 29 heavy (non-hydrogen) atoms. The van der Waals surface area contributed by atoms with E-state index >= 15 is 0 Å². The average molecular weight is 417 g/mol. The molecule has 9 heteroatoms. The molecular formula is C20H24N4O4S. The van der Waals surface area contributed by atoms with Gasteiger partial charge in [0.15, 0.2) is 0 Å². The summed E-state index contributed by atoms with van der Waals surface area (Å²) in [7, 11) is -2.26. The molecule has 0 aliphatic carbocycles. The van der Waals surface area contributed by atoms with E-state index in [2.05, 4.69) is 5.32 Å². The maximum atomic E-state index is 12.7. The first-order valence-electron chi connectivity index (χ1n) is 9.42. The fourth-order valence-electron chi connectivity index (χ4n) is 4.28. The van der Waals surface area contributed by atoms with Gasteiger partial charge in [0.25, 0.3) is 10.2 Å². The molecule has 154 valence electrons.